The number of fused-ring (bicyclic) bond motifs is 2. The van der Waals surface area contributed by atoms with Crippen molar-refractivity contribution < 1.29 is 9.57 Å². The number of nitrogens with zero attached hydrogens (tertiary/aromatic N) is 4. The molecule has 0 spiro atoms. The van der Waals surface area contributed by atoms with E-state index in [0.717, 1.165) is 49.1 Å². The van der Waals surface area contributed by atoms with E-state index >= 15 is 0 Å². The first-order valence-electron chi connectivity index (χ1n) is 7.85. The summed E-state index contributed by atoms with van der Waals surface area (Å²) in [7, 11) is 1.68. The van der Waals surface area contributed by atoms with Gasteiger partial charge in [-0.15, -0.1) is 0 Å². The molecule has 0 saturated carbocycles. The third-order valence-electron chi connectivity index (χ3n) is 4.06. The summed E-state index contributed by atoms with van der Waals surface area (Å²) in [5.74, 6) is 2.06. The molecule has 0 unspecified atom stereocenters. The fraction of sp³-hybridized carbons (Fsp3) is 0.562. The third-order valence-corrected chi connectivity index (χ3v) is 4.06. The van der Waals surface area contributed by atoms with Gasteiger partial charge >= 0.3 is 0 Å². The van der Waals surface area contributed by atoms with Gasteiger partial charge in [-0.05, 0) is 25.8 Å². The van der Waals surface area contributed by atoms with Gasteiger partial charge in [0.15, 0.2) is 0 Å². The molecule has 0 aromatic carbocycles. The Hall–Kier alpha value is -1.95. The van der Waals surface area contributed by atoms with Crippen LogP contribution in [0.2, 0.25) is 0 Å². The summed E-state index contributed by atoms with van der Waals surface area (Å²) in [4.78, 5) is 14.6. The molecular formula is C16H24N4O2. The second kappa shape index (κ2) is 6.04. The third kappa shape index (κ3) is 2.37. The smallest absolute Gasteiger partial charge is 0.149 e. The summed E-state index contributed by atoms with van der Waals surface area (Å²) in [6, 6.07) is 0. The van der Waals surface area contributed by atoms with Gasteiger partial charge < -0.3 is 14.5 Å². The predicted molar refractivity (Wildman–Crippen MR) is 85.3 cm³/mol. The van der Waals surface area contributed by atoms with Crippen LogP contribution in [0.25, 0.3) is 0 Å². The highest BCUT2D eigenvalue weighted by Gasteiger charge is 2.36. The van der Waals surface area contributed by atoms with Gasteiger partial charge in [-0.25, -0.2) is 10.1 Å². The standard InChI is InChI=1S/C16H24N4O2/c1-5-7-22-15-12(3)9-18(6-2)16-14(15)17-8-13-10-19(21-4)11-20(13)16/h8,10H,5-7,9,11H2,1-4H3. The van der Waals surface area contributed by atoms with Crippen molar-refractivity contribution in [2.45, 2.75) is 27.2 Å². The molecular weight excluding hydrogens is 280 g/mol. The van der Waals surface area contributed by atoms with Crippen molar-refractivity contribution >= 4 is 6.21 Å². The normalized spacial score (nSPS) is 20.5. The maximum Gasteiger partial charge on any atom is 0.149 e. The van der Waals surface area contributed by atoms with Crippen LogP contribution in [0.5, 0.6) is 0 Å². The van der Waals surface area contributed by atoms with E-state index in [1.165, 1.54) is 5.57 Å². The molecule has 6 nitrogen and oxygen atoms in total. The molecule has 3 aliphatic heterocycles. The number of likely N-dealkylation sites (N-methyl/N-ethyl adjacent to an activating group) is 1. The highest BCUT2D eigenvalue weighted by Crippen LogP contribution is 2.37. The molecule has 0 aliphatic carbocycles. The predicted octanol–water partition coefficient (Wildman–Crippen LogP) is 2.25. The van der Waals surface area contributed by atoms with Crippen LogP contribution < -0.4 is 0 Å². The summed E-state index contributed by atoms with van der Waals surface area (Å²) < 4.78 is 6.00. The summed E-state index contributed by atoms with van der Waals surface area (Å²) in [6.07, 6.45) is 4.85. The van der Waals surface area contributed by atoms with Crippen LogP contribution in [0, 0.1) is 0 Å². The Labute approximate surface area is 131 Å². The van der Waals surface area contributed by atoms with Gasteiger partial charge in [-0.2, -0.15) is 0 Å². The molecule has 22 heavy (non-hydrogen) atoms. The number of hydroxylamine groups is 2. The second-order valence-electron chi connectivity index (χ2n) is 5.63. The second-order valence-corrected chi connectivity index (χ2v) is 5.63. The largest absolute Gasteiger partial charge is 0.491 e. The summed E-state index contributed by atoms with van der Waals surface area (Å²) in [6.45, 7) is 9.62. The Morgan fingerprint density at radius 2 is 2.14 bits per heavy atom. The van der Waals surface area contributed by atoms with Gasteiger partial charge in [-0.3, -0.25) is 4.84 Å². The van der Waals surface area contributed by atoms with E-state index in [2.05, 4.69) is 35.6 Å². The van der Waals surface area contributed by atoms with E-state index < -0.39 is 0 Å². The van der Waals surface area contributed by atoms with E-state index in [-0.39, 0.29) is 0 Å². The number of allylic oxidation sites excluding steroid dienone is 1. The van der Waals surface area contributed by atoms with Gasteiger partial charge in [0, 0.05) is 13.1 Å². The van der Waals surface area contributed by atoms with Crippen LogP contribution in [0.4, 0.5) is 0 Å². The molecule has 0 atom stereocenters. The van der Waals surface area contributed by atoms with Crippen LogP contribution in [0.15, 0.2) is 39.7 Å². The molecule has 0 radical (unpaired) electrons. The first-order chi connectivity index (χ1) is 10.7. The zero-order valence-electron chi connectivity index (χ0n) is 13.8. The van der Waals surface area contributed by atoms with Crippen LogP contribution in [-0.2, 0) is 9.57 Å². The Balaban J connectivity index is 1.99. The van der Waals surface area contributed by atoms with Crippen LogP contribution in [-0.4, -0.2) is 54.6 Å². The lowest BCUT2D eigenvalue weighted by Crippen LogP contribution is -2.42. The van der Waals surface area contributed by atoms with Crippen molar-refractivity contribution in [3.05, 3.63) is 34.7 Å². The van der Waals surface area contributed by atoms with E-state index in [1.807, 2.05) is 17.5 Å². The van der Waals surface area contributed by atoms with E-state index in [0.29, 0.717) is 6.67 Å². The lowest BCUT2D eigenvalue weighted by atomic mass is 10.1. The molecule has 6 heteroatoms. The van der Waals surface area contributed by atoms with Crippen molar-refractivity contribution in [3.63, 3.8) is 0 Å². The molecule has 0 bridgehead atoms. The first-order valence-corrected chi connectivity index (χ1v) is 7.85. The molecule has 3 rings (SSSR count). The maximum atomic E-state index is 6.00. The molecule has 0 aromatic heterocycles. The minimum atomic E-state index is 0.674. The molecule has 0 fully saturated rings. The fourth-order valence-corrected chi connectivity index (χ4v) is 2.97. The summed E-state index contributed by atoms with van der Waals surface area (Å²) in [5, 5.41) is 1.81. The molecule has 0 saturated heterocycles. The molecule has 3 aliphatic rings. The average Bonchev–Trinajstić information content (AvgIpc) is 2.96. The summed E-state index contributed by atoms with van der Waals surface area (Å²) in [5.41, 5.74) is 3.23. The topological polar surface area (TPSA) is 40.5 Å². The van der Waals surface area contributed by atoms with Crippen molar-refractivity contribution in [1.82, 2.24) is 14.9 Å². The molecule has 120 valence electrons. The van der Waals surface area contributed by atoms with E-state index in [4.69, 9.17) is 9.57 Å². The number of aliphatic imine (C=N–C) groups is 1. The van der Waals surface area contributed by atoms with Gasteiger partial charge in [-0.1, -0.05) is 6.92 Å². The highest BCUT2D eigenvalue weighted by molar-refractivity contribution is 5.82. The zero-order valence-corrected chi connectivity index (χ0v) is 13.8. The Morgan fingerprint density at radius 3 is 2.82 bits per heavy atom. The monoisotopic (exact) mass is 304 g/mol. The first kappa shape index (κ1) is 15.0. The van der Waals surface area contributed by atoms with Crippen LogP contribution in [0.3, 0.4) is 0 Å². The Bertz CT molecular complexity index is 577. The minimum Gasteiger partial charge on any atom is -0.491 e. The lowest BCUT2D eigenvalue weighted by molar-refractivity contribution is -0.0972. The van der Waals surface area contributed by atoms with Gasteiger partial charge in [0.1, 0.15) is 23.9 Å². The van der Waals surface area contributed by atoms with Crippen molar-refractivity contribution in [1.29, 1.82) is 0 Å². The van der Waals surface area contributed by atoms with Crippen molar-refractivity contribution in [2.75, 3.05) is 33.5 Å². The van der Waals surface area contributed by atoms with Gasteiger partial charge in [0.25, 0.3) is 0 Å². The SMILES string of the molecule is CCCOC1=C(C)CN(CC)C2=C1N=CC1=CN(OC)CN12. The fourth-order valence-electron chi connectivity index (χ4n) is 2.97. The number of hydrogen-bond donors (Lipinski definition) is 0. The quantitative estimate of drug-likeness (QED) is 0.779. The number of rotatable bonds is 5. The van der Waals surface area contributed by atoms with Crippen LogP contribution in [0.1, 0.15) is 27.2 Å². The van der Waals surface area contributed by atoms with Crippen LogP contribution >= 0.6 is 0 Å². The van der Waals surface area contributed by atoms with Crippen molar-refractivity contribution in [2.24, 2.45) is 4.99 Å². The zero-order chi connectivity index (χ0) is 15.7. The van der Waals surface area contributed by atoms with E-state index in [9.17, 15) is 0 Å². The highest BCUT2D eigenvalue weighted by atomic mass is 16.7. The average molecular weight is 304 g/mol. The van der Waals surface area contributed by atoms with E-state index in [1.54, 1.807) is 7.11 Å². The number of ether oxygens (including phenoxy) is 1. The number of hydrogen-bond acceptors (Lipinski definition) is 6. The van der Waals surface area contributed by atoms with Gasteiger partial charge in [0.2, 0.25) is 0 Å². The minimum absolute atomic E-state index is 0.674. The Morgan fingerprint density at radius 1 is 1.32 bits per heavy atom. The lowest BCUT2D eigenvalue weighted by Gasteiger charge is -2.40. The molecule has 0 aromatic rings. The van der Waals surface area contributed by atoms with Crippen molar-refractivity contribution in [3.8, 4) is 0 Å². The molecule has 0 N–H and O–H groups in total. The molecule has 3 heterocycles. The summed E-state index contributed by atoms with van der Waals surface area (Å²) >= 11 is 0. The Kier molecular flexibility index (Phi) is 4.11. The molecule has 0 amide bonds. The maximum absolute atomic E-state index is 6.00. The van der Waals surface area contributed by atoms with Gasteiger partial charge in [0.05, 0.1) is 31.8 Å².